The number of sulfone groups is 2. The summed E-state index contributed by atoms with van der Waals surface area (Å²) < 4.78 is 107. The van der Waals surface area contributed by atoms with E-state index < -0.39 is 71.7 Å². The molecule has 0 saturated carbocycles. The molecule has 0 spiro atoms. The minimum atomic E-state index is -5.11. The fourth-order valence-electron chi connectivity index (χ4n) is 4.77. The van der Waals surface area contributed by atoms with Crippen LogP contribution in [0.4, 0.5) is 23.2 Å². The zero-order valence-corrected chi connectivity index (χ0v) is 22.7. The number of benzene rings is 1. The number of pyridine rings is 1. The first-order valence-corrected chi connectivity index (χ1v) is 14.9. The van der Waals surface area contributed by atoms with Gasteiger partial charge in [-0.1, -0.05) is 26.0 Å². The highest BCUT2D eigenvalue weighted by atomic mass is 32.2. The third-order valence-corrected chi connectivity index (χ3v) is 9.82. The normalized spacial score (nSPS) is 18.4. The van der Waals surface area contributed by atoms with Crippen molar-refractivity contribution in [1.82, 2.24) is 4.98 Å². The van der Waals surface area contributed by atoms with Crippen molar-refractivity contribution in [3.8, 4) is 0 Å². The summed E-state index contributed by atoms with van der Waals surface area (Å²) in [5.74, 6) is -1.09. The fraction of sp³-hybridized carbons (Fsp3) is 0.542. The molecule has 1 aliphatic rings. The van der Waals surface area contributed by atoms with Crippen molar-refractivity contribution in [3.05, 3.63) is 47.4 Å². The molecule has 206 valence electrons. The number of fused-ring (bicyclic) bond motifs is 1. The van der Waals surface area contributed by atoms with Crippen LogP contribution in [0.2, 0.25) is 0 Å². The van der Waals surface area contributed by atoms with Crippen LogP contribution in [0.5, 0.6) is 0 Å². The largest absolute Gasteiger partial charge is 0.417 e. The topological polar surface area (TPSA) is 113 Å². The van der Waals surface area contributed by atoms with Gasteiger partial charge in [0.05, 0.1) is 17.1 Å². The Balaban J connectivity index is 1.94. The first-order chi connectivity index (χ1) is 16.7. The first-order valence-electron chi connectivity index (χ1n) is 11.5. The Hall–Kier alpha value is -2.25. The summed E-state index contributed by atoms with van der Waals surface area (Å²) in [5.41, 5.74) is -4.24. The van der Waals surface area contributed by atoms with Crippen molar-refractivity contribution >= 4 is 25.4 Å². The standard InChI is InChI=1S/C24H30F4N2O5S2/c1-14(2)37(34,35)20-10-15-9-16(30-19(15)12-29-20)11-23(31,24(26,27)28)13-22(3,4)17-7-6-8-18(25)21(17)36(5,32)33/h6-8,10,12,14,16,30-31H,9,11,13H2,1-5H3. The Kier molecular flexibility index (Phi) is 7.52. The minimum absolute atomic E-state index is 0.00580. The van der Waals surface area contributed by atoms with Crippen LogP contribution in [0, 0.1) is 5.82 Å². The van der Waals surface area contributed by atoms with E-state index in [9.17, 15) is 39.5 Å². The van der Waals surface area contributed by atoms with Crippen LogP contribution in [0.1, 0.15) is 51.7 Å². The summed E-state index contributed by atoms with van der Waals surface area (Å²) in [6.45, 7) is 5.61. The van der Waals surface area contributed by atoms with Gasteiger partial charge in [0, 0.05) is 18.7 Å². The Morgan fingerprint density at radius 1 is 1.16 bits per heavy atom. The third-order valence-electron chi connectivity index (χ3n) is 6.62. The van der Waals surface area contributed by atoms with Crippen molar-refractivity contribution in [1.29, 1.82) is 0 Å². The zero-order chi connectivity index (χ0) is 28.2. The maximum atomic E-state index is 14.5. The van der Waals surface area contributed by atoms with Crippen molar-refractivity contribution in [2.75, 3.05) is 11.6 Å². The summed E-state index contributed by atoms with van der Waals surface area (Å²) in [4.78, 5) is 3.23. The molecule has 13 heteroatoms. The van der Waals surface area contributed by atoms with Gasteiger partial charge >= 0.3 is 6.18 Å². The molecule has 0 aliphatic carbocycles. The molecule has 1 aliphatic heterocycles. The number of aromatic nitrogens is 1. The van der Waals surface area contributed by atoms with E-state index in [-0.39, 0.29) is 17.0 Å². The van der Waals surface area contributed by atoms with Crippen molar-refractivity contribution in [2.45, 2.75) is 85.4 Å². The number of nitrogens with one attached hydrogen (secondary N) is 1. The van der Waals surface area contributed by atoms with E-state index in [1.54, 1.807) is 0 Å². The number of hydrogen-bond donors (Lipinski definition) is 2. The molecule has 2 atom stereocenters. The maximum absolute atomic E-state index is 14.5. The van der Waals surface area contributed by atoms with E-state index in [4.69, 9.17) is 0 Å². The van der Waals surface area contributed by atoms with E-state index in [0.717, 1.165) is 12.3 Å². The Labute approximate surface area is 214 Å². The van der Waals surface area contributed by atoms with E-state index in [0.29, 0.717) is 11.3 Å². The van der Waals surface area contributed by atoms with E-state index in [1.807, 2.05) is 0 Å². The predicted octanol–water partition coefficient (Wildman–Crippen LogP) is 4.19. The fourth-order valence-corrected chi connectivity index (χ4v) is 6.93. The lowest BCUT2D eigenvalue weighted by molar-refractivity contribution is -0.270. The van der Waals surface area contributed by atoms with Gasteiger partial charge in [0.15, 0.2) is 30.3 Å². The maximum Gasteiger partial charge on any atom is 0.417 e. The number of alkyl halides is 3. The lowest BCUT2D eigenvalue weighted by Crippen LogP contribution is -2.52. The third kappa shape index (κ3) is 5.78. The number of aliphatic hydroxyl groups is 1. The molecule has 0 bridgehead atoms. The summed E-state index contributed by atoms with van der Waals surface area (Å²) >= 11 is 0. The van der Waals surface area contributed by atoms with Crippen molar-refractivity contribution in [3.63, 3.8) is 0 Å². The van der Waals surface area contributed by atoms with E-state index in [2.05, 4.69) is 10.3 Å². The van der Waals surface area contributed by atoms with Crippen LogP contribution in [0.25, 0.3) is 0 Å². The quantitative estimate of drug-likeness (QED) is 0.461. The van der Waals surface area contributed by atoms with Gasteiger partial charge in [-0.25, -0.2) is 26.2 Å². The van der Waals surface area contributed by atoms with Gasteiger partial charge in [-0.3, -0.25) is 0 Å². The van der Waals surface area contributed by atoms with E-state index >= 15 is 0 Å². The first kappa shape index (κ1) is 29.3. The second kappa shape index (κ2) is 9.49. The Morgan fingerprint density at radius 2 is 1.78 bits per heavy atom. The molecule has 37 heavy (non-hydrogen) atoms. The molecule has 2 N–H and O–H groups in total. The average molecular weight is 567 g/mol. The van der Waals surface area contributed by atoms with Crippen LogP contribution in [0.15, 0.2) is 40.4 Å². The number of nitrogens with zero attached hydrogens (tertiary/aromatic N) is 1. The van der Waals surface area contributed by atoms with Crippen LogP contribution in [-0.2, 0) is 31.5 Å². The molecule has 2 unspecified atom stereocenters. The lowest BCUT2D eigenvalue weighted by atomic mass is 9.73. The summed E-state index contributed by atoms with van der Waals surface area (Å²) in [5, 5.41) is 12.9. The molecule has 2 heterocycles. The van der Waals surface area contributed by atoms with Gasteiger partial charge in [-0.05, 0) is 55.4 Å². The van der Waals surface area contributed by atoms with Crippen LogP contribution in [-0.4, -0.2) is 56.3 Å². The second-order valence-electron chi connectivity index (χ2n) is 10.5. The van der Waals surface area contributed by atoms with Gasteiger partial charge < -0.3 is 10.4 Å². The number of anilines is 1. The van der Waals surface area contributed by atoms with Gasteiger partial charge in [0.25, 0.3) is 0 Å². The van der Waals surface area contributed by atoms with Crippen molar-refractivity contribution < 1.29 is 39.5 Å². The van der Waals surface area contributed by atoms with Gasteiger partial charge in [0.1, 0.15) is 10.7 Å². The Morgan fingerprint density at radius 3 is 2.32 bits per heavy atom. The predicted molar refractivity (Wildman–Crippen MR) is 130 cm³/mol. The highest BCUT2D eigenvalue weighted by molar-refractivity contribution is 7.92. The molecule has 1 aromatic carbocycles. The highest BCUT2D eigenvalue weighted by Crippen LogP contribution is 2.46. The second-order valence-corrected chi connectivity index (χ2v) is 14.9. The minimum Gasteiger partial charge on any atom is -0.380 e. The van der Waals surface area contributed by atoms with Crippen LogP contribution < -0.4 is 5.32 Å². The highest BCUT2D eigenvalue weighted by Gasteiger charge is 2.57. The molecule has 0 radical (unpaired) electrons. The summed E-state index contributed by atoms with van der Waals surface area (Å²) in [6, 6.07) is 3.76. The number of halogens is 4. The smallest absolute Gasteiger partial charge is 0.380 e. The monoisotopic (exact) mass is 566 g/mol. The van der Waals surface area contributed by atoms with Crippen LogP contribution >= 0.6 is 0 Å². The lowest BCUT2D eigenvalue weighted by Gasteiger charge is -2.39. The molecule has 0 saturated heterocycles. The summed E-state index contributed by atoms with van der Waals surface area (Å²) in [7, 11) is -7.82. The summed E-state index contributed by atoms with van der Waals surface area (Å²) in [6.07, 6.45) is -4.86. The molecular formula is C24H30F4N2O5S2. The van der Waals surface area contributed by atoms with Crippen LogP contribution in [0.3, 0.4) is 0 Å². The van der Waals surface area contributed by atoms with Gasteiger partial charge in [0.2, 0.25) is 0 Å². The van der Waals surface area contributed by atoms with E-state index in [1.165, 1.54) is 52.1 Å². The zero-order valence-electron chi connectivity index (χ0n) is 21.0. The molecule has 1 aromatic heterocycles. The number of hydrogen-bond acceptors (Lipinski definition) is 7. The molecule has 7 nitrogen and oxygen atoms in total. The molecule has 0 fully saturated rings. The molecule has 2 aromatic rings. The van der Waals surface area contributed by atoms with Gasteiger partial charge in [-0.15, -0.1) is 0 Å². The molecule has 0 amide bonds. The average Bonchev–Trinajstić information content (AvgIpc) is 3.12. The number of rotatable bonds is 8. The Bertz CT molecular complexity index is 1410. The van der Waals surface area contributed by atoms with Gasteiger partial charge in [-0.2, -0.15) is 13.2 Å². The molecule has 3 rings (SSSR count). The SMILES string of the molecule is CC(C)S(=O)(=O)c1cc2c(cn1)NC(CC(O)(CC(C)(C)c1cccc(F)c1S(C)(=O)=O)C(F)(F)F)C2. The molecular weight excluding hydrogens is 536 g/mol. The van der Waals surface area contributed by atoms with Crippen molar-refractivity contribution in [2.24, 2.45) is 0 Å².